The zero-order chi connectivity index (χ0) is 17.3. The van der Waals surface area contributed by atoms with Crippen LogP contribution in [0.4, 0.5) is 19.0 Å². The van der Waals surface area contributed by atoms with E-state index in [1.54, 1.807) is 12.3 Å². The Morgan fingerprint density at radius 1 is 1.21 bits per heavy atom. The van der Waals surface area contributed by atoms with E-state index >= 15 is 0 Å². The SMILES string of the molecule is O=C(O)c1nc(NCc2ccccc2C(F)(F)F)c2cc[nH]c2n1. The third-order valence-corrected chi connectivity index (χ3v) is 3.38. The number of fused-ring (bicyclic) bond motifs is 1. The summed E-state index contributed by atoms with van der Waals surface area (Å²) in [5, 5.41) is 12.3. The van der Waals surface area contributed by atoms with Gasteiger partial charge in [0.25, 0.3) is 0 Å². The molecular formula is C15H11F3N4O2. The van der Waals surface area contributed by atoms with Crippen LogP contribution in [-0.2, 0) is 12.7 Å². The molecule has 3 N–H and O–H groups in total. The second kappa shape index (κ2) is 5.84. The summed E-state index contributed by atoms with van der Waals surface area (Å²) in [6.45, 7) is -0.161. The van der Waals surface area contributed by atoms with Crippen LogP contribution in [0.5, 0.6) is 0 Å². The molecule has 9 heteroatoms. The van der Waals surface area contributed by atoms with E-state index in [2.05, 4.69) is 20.3 Å². The Balaban J connectivity index is 1.95. The van der Waals surface area contributed by atoms with Crippen LogP contribution >= 0.6 is 0 Å². The first-order chi connectivity index (χ1) is 11.4. The first kappa shape index (κ1) is 15.8. The number of hydrogen-bond acceptors (Lipinski definition) is 4. The van der Waals surface area contributed by atoms with Crippen molar-refractivity contribution in [2.24, 2.45) is 0 Å². The van der Waals surface area contributed by atoms with Crippen molar-refractivity contribution in [2.75, 3.05) is 5.32 Å². The highest BCUT2D eigenvalue weighted by atomic mass is 19.4. The molecule has 3 aromatic rings. The molecule has 0 amide bonds. The van der Waals surface area contributed by atoms with Gasteiger partial charge in [-0.3, -0.25) is 0 Å². The van der Waals surface area contributed by atoms with Crippen LogP contribution in [-0.4, -0.2) is 26.0 Å². The molecule has 0 fully saturated rings. The molecule has 0 saturated heterocycles. The molecule has 1 aromatic carbocycles. The summed E-state index contributed by atoms with van der Waals surface area (Å²) in [5.74, 6) is -1.63. The van der Waals surface area contributed by atoms with Gasteiger partial charge in [0.1, 0.15) is 11.5 Å². The molecule has 2 aromatic heterocycles. The number of halogens is 3. The predicted molar refractivity (Wildman–Crippen MR) is 79.6 cm³/mol. The number of anilines is 1. The topological polar surface area (TPSA) is 90.9 Å². The second-order valence-electron chi connectivity index (χ2n) is 4.95. The maximum Gasteiger partial charge on any atom is 0.416 e. The molecule has 0 unspecified atom stereocenters. The van der Waals surface area contributed by atoms with Gasteiger partial charge in [0, 0.05) is 12.7 Å². The number of carboxylic acids is 1. The normalized spacial score (nSPS) is 11.6. The van der Waals surface area contributed by atoms with Crippen molar-refractivity contribution < 1.29 is 23.1 Å². The zero-order valence-corrected chi connectivity index (χ0v) is 12.1. The van der Waals surface area contributed by atoms with Crippen LogP contribution in [0.3, 0.4) is 0 Å². The lowest BCUT2D eigenvalue weighted by Crippen LogP contribution is -2.13. The van der Waals surface area contributed by atoms with Gasteiger partial charge in [0.15, 0.2) is 0 Å². The van der Waals surface area contributed by atoms with Crippen LogP contribution in [0.15, 0.2) is 36.5 Å². The number of nitrogens with one attached hydrogen (secondary N) is 2. The Bertz CT molecular complexity index is 905. The standard InChI is InChI=1S/C15H11F3N4O2/c16-15(17,18)10-4-2-1-3-8(10)7-20-12-9-5-6-19-11(9)21-13(22-12)14(23)24/h1-6H,7H2,(H,23,24)(H2,19,20,21,22). The van der Waals surface area contributed by atoms with E-state index in [0.717, 1.165) is 6.07 Å². The van der Waals surface area contributed by atoms with Crippen LogP contribution in [0.2, 0.25) is 0 Å². The molecule has 0 atom stereocenters. The number of H-pyrrole nitrogens is 1. The zero-order valence-electron chi connectivity index (χ0n) is 12.1. The van der Waals surface area contributed by atoms with Crippen LogP contribution in [0.1, 0.15) is 21.7 Å². The van der Waals surface area contributed by atoms with E-state index in [4.69, 9.17) is 5.11 Å². The Morgan fingerprint density at radius 2 is 1.96 bits per heavy atom. The number of rotatable bonds is 4. The summed E-state index contributed by atoms with van der Waals surface area (Å²) in [6, 6.07) is 6.76. The maximum atomic E-state index is 13.0. The molecule has 3 rings (SSSR count). The number of alkyl halides is 3. The molecule has 2 heterocycles. The quantitative estimate of drug-likeness (QED) is 0.680. The molecular weight excluding hydrogens is 325 g/mol. The summed E-state index contributed by atoms with van der Waals surface area (Å²) in [6.07, 6.45) is -2.93. The Morgan fingerprint density at radius 3 is 2.67 bits per heavy atom. The number of hydrogen-bond donors (Lipinski definition) is 3. The van der Waals surface area contributed by atoms with Gasteiger partial charge in [-0.2, -0.15) is 13.2 Å². The van der Waals surface area contributed by atoms with Gasteiger partial charge in [-0.05, 0) is 17.7 Å². The number of carbonyl (C=O) groups is 1. The fourth-order valence-electron chi connectivity index (χ4n) is 2.30. The smallest absolute Gasteiger partial charge is 0.416 e. The van der Waals surface area contributed by atoms with E-state index in [-0.39, 0.29) is 23.6 Å². The van der Waals surface area contributed by atoms with Gasteiger partial charge in [-0.25, -0.2) is 14.8 Å². The molecule has 0 spiro atoms. The highest BCUT2D eigenvalue weighted by molar-refractivity contribution is 5.92. The number of carboxylic acid groups (broad SMARTS) is 1. The minimum Gasteiger partial charge on any atom is -0.475 e. The number of aromatic carboxylic acids is 1. The highest BCUT2D eigenvalue weighted by Crippen LogP contribution is 2.32. The average molecular weight is 336 g/mol. The average Bonchev–Trinajstić information content (AvgIpc) is 3.00. The summed E-state index contributed by atoms with van der Waals surface area (Å²) in [4.78, 5) is 21.5. The van der Waals surface area contributed by atoms with E-state index in [0.29, 0.717) is 5.39 Å². The first-order valence-electron chi connectivity index (χ1n) is 6.83. The van der Waals surface area contributed by atoms with Crippen LogP contribution < -0.4 is 5.32 Å². The lowest BCUT2D eigenvalue weighted by Gasteiger charge is -2.14. The second-order valence-corrected chi connectivity index (χ2v) is 4.95. The first-order valence-corrected chi connectivity index (χ1v) is 6.83. The third kappa shape index (κ3) is 3.00. The molecule has 0 aliphatic heterocycles. The van der Waals surface area contributed by atoms with Gasteiger partial charge in [0.2, 0.25) is 5.82 Å². The fourth-order valence-corrected chi connectivity index (χ4v) is 2.30. The number of aromatic amines is 1. The fraction of sp³-hybridized carbons (Fsp3) is 0.133. The summed E-state index contributed by atoms with van der Waals surface area (Å²) < 4.78 is 39.0. The lowest BCUT2D eigenvalue weighted by molar-refractivity contribution is -0.138. The Kier molecular flexibility index (Phi) is 3.84. The van der Waals surface area contributed by atoms with Crippen molar-refractivity contribution in [1.82, 2.24) is 15.0 Å². The molecule has 24 heavy (non-hydrogen) atoms. The highest BCUT2D eigenvalue weighted by Gasteiger charge is 2.32. The van der Waals surface area contributed by atoms with Crippen LogP contribution in [0.25, 0.3) is 11.0 Å². The van der Waals surface area contributed by atoms with E-state index in [1.165, 1.54) is 18.2 Å². The molecule has 0 aliphatic rings. The van der Waals surface area contributed by atoms with Gasteiger partial charge in [-0.1, -0.05) is 18.2 Å². The van der Waals surface area contributed by atoms with Gasteiger partial charge in [-0.15, -0.1) is 0 Å². The number of nitrogens with zero attached hydrogens (tertiary/aromatic N) is 2. The van der Waals surface area contributed by atoms with Gasteiger partial charge in [0.05, 0.1) is 10.9 Å². The van der Waals surface area contributed by atoms with Crippen molar-refractivity contribution in [3.63, 3.8) is 0 Å². The van der Waals surface area contributed by atoms with Gasteiger partial charge >= 0.3 is 12.1 Å². The van der Waals surface area contributed by atoms with Crippen molar-refractivity contribution >= 4 is 22.8 Å². The van der Waals surface area contributed by atoms with Crippen molar-refractivity contribution in [2.45, 2.75) is 12.7 Å². The monoisotopic (exact) mass is 336 g/mol. The lowest BCUT2D eigenvalue weighted by atomic mass is 10.1. The predicted octanol–water partition coefficient (Wildman–Crippen LogP) is 3.29. The van der Waals surface area contributed by atoms with Crippen molar-refractivity contribution in [3.05, 3.63) is 53.5 Å². The summed E-state index contributed by atoms with van der Waals surface area (Å²) in [7, 11) is 0. The Hall–Kier alpha value is -3.10. The van der Waals surface area contributed by atoms with Crippen molar-refractivity contribution in [3.8, 4) is 0 Å². The van der Waals surface area contributed by atoms with E-state index in [9.17, 15) is 18.0 Å². The van der Waals surface area contributed by atoms with E-state index in [1.807, 2.05) is 0 Å². The number of aromatic nitrogens is 3. The van der Waals surface area contributed by atoms with Gasteiger partial charge < -0.3 is 15.4 Å². The maximum absolute atomic E-state index is 13.0. The molecule has 0 bridgehead atoms. The molecule has 0 radical (unpaired) electrons. The van der Waals surface area contributed by atoms with Crippen molar-refractivity contribution in [1.29, 1.82) is 0 Å². The summed E-state index contributed by atoms with van der Waals surface area (Å²) in [5.41, 5.74) is -0.437. The van der Waals surface area contributed by atoms with Crippen LogP contribution in [0, 0.1) is 0 Å². The summed E-state index contributed by atoms with van der Waals surface area (Å²) >= 11 is 0. The molecule has 6 nitrogen and oxygen atoms in total. The minimum atomic E-state index is -4.47. The largest absolute Gasteiger partial charge is 0.475 e. The number of benzene rings is 1. The molecule has 124 valence electrons. The molecule has 0 aliphatic carbocycles. The van der Waals surface area contributed by atoms with E-state index < -0.39 is 23.5 Å². The Labute approximate surface area is 133 Å². The minimum absolute atomic E-state index is 0.0316. The molecule has 0 saturated carbocycles. The third-order valence-electron chi connectivity index (χ3n) is 3.38.